The van der Waals surface area contributed by atoms with E-state index in [1.54, 1.807) is 0 Å². The Balaban J connectivity index is 2.65. The van der Waals surface area contributed by atoms with Crippen LogP contribution in [-0.2, 0) is 4.79 Å². The average Bonchev–Trinajstić information content (AvgIpc) is 1.95. The van der Waals surface area contributed by atoms with Gasteiger partial charge in [0.2, 0.25) is 0 Å². The van der Waals surface area contributed by atoms with Crippen LogP contribution in [0.1, 0.15) is 19.8 Å². The molecule has 0 bridgehead atoms. The molecule has 0 saturated carbocycles. The van der Waals surface area contributed by atoms with Crippen LogP contribution in [0.4, 0.5) is 0 Å². The summed E-state index contributed by atoms with van der Waals surface area (Å²) >= 11 is 0. The lowest BCUT2D eigenvalue weighted by molar-refractivity contribution is -0.125. The smallest absolute Gasteiger partial charge is 0.184 e. The molecule has 2 nitrogen and oxygen atoms in total. The van der Waals surface area contributed by atoms with Gasteiger partial charge in [0.25, 0.3) is 0 Å². The largest absolute Gasteiger partial charge is 0.385 e. The summed E-state index contributed by atoms with van der Waals surface area (Å²) in [5.74, 6) is 0.00981. The number of allylic oxidation sites excluding steroid dienone is 1. The van der Waals surface area contributed by atoms with Gasteiger partial charge in [0.05, 0.1) is 0 Å². The third kappa shape index (κ3) is 1.27. The topological polar surface area (TPSA) is 37.3 Å². The number of hydrogen-bond acceptors (Lipinski definition) is 2. The number of ketones is 1. The minimum atomic E-state index is -0.741. The second-order valence-electron chi connectivity index (χ2n) is 2.65. The van der Waals surface area contributed by atoms with Gasteiger partial charge in [0, 0.05) is 0 Å². The number of hydrogen-bond donors (Lipinski definition) is 1. The molecule has 0 aromatic heterocycles. The van der Waals surface area contributed by atoms with Crippen molar-refractivity contribution in [3.05, 3.63) is 12.2 Å². The number of carbonyl (C=O) groups is 1. The molecule has 0 aromatic rings. The van der Waals surface area contributed by atoms with Gasteiger partial charge in [-0.25, -0.2) is 0 Å². The molecule has 0 amide bonds. The van der Waals surface area contributed by atoms with Crippen LogP contribution in [0.5, 0.6) is 0 Å². The monoisotopic (exact) mass is 140 g/mol. The summed E-state index contributed by atoms with van der Waals surface area (Å²) < 4.78 is 0. The minimum Gasteiger partial charge on any atom is -0.385 e. The maximum absolute atomic E-state index is 10.8. The van der Waals surface area contributed by atoms with Crippen LogP contribution >= 0.6 is 0 Å². The molecule has 0 saturated heterocycles. The number of rotatable bonds is 1. The summed E-state index contributed by atoms with van der Waals surface area (Å²) in [4.78, 5) is 10.8. The summed E-state index contributed by atoms with van der Waals surface area (Å²) in [6.45, 7) is 1.99. The fourth-order valence-electron chi connectivity index (χ4n) is 1.21. The quantitative estimate of drug-likeness (QED) is 0.587. The van der Waals surface area contributed by atoms with Crippen molar-refractivity contribution >= 4 is 5.78 Å². The van der Waals surface area contributed by atoms with Crippen LogP contribution in [0.2, 0.25) is 0 Å². The highest BCUT2D eigenvalue weighted by atomic mass is 16.3. The normalized spacial score (nSPS) is 32.8. The number of aliphatic hydroxyl groups excluding tert-OH is 1. The third-order valence-electron chi connectivity index (χ3n) is 1.98. The lowest BCUT2D eigenvalue weighted by atomic mass is 9.89. The Hall–Kier alpha value is -0.630. The summed E-state index contributed by atoms with van der Waals surface area (Å²) in [5, 5.41) is 9.24. The first kappa shape index (κ1) is 7.48. The van der Waals surface area contributed by atoms with Gasteiger partial charge in [-0.3, -0.25) is 4.79 Å². The zero-order valence-corrected chi connectivity index (χ0v) is 6.08. The van der Waals surface area contributed by atoms with Crippen LogP contribution in [0.3, 0.4) is 0 Å². The van der Waals surface area contributed by atoms with E-state index < -0.39 is 6.10 Å². The van der Waals surface area contributed by atoms with Gasteiger partial charge < -0.3 is 5.11 Å². The average molecular weight is 140 g/mol. The zero-order chi connectivity index (χ0) is 7.56. The molecule has 56 valence electrons. The Morgan fingerprint density at radius 1 is 1.80 bits per heavy atom. The summed E-state index contributed by atoms with van der Waals surface area (Å²) in [5.41, 5.74) is 0. The van der Waals surface area contributed by atoms with E-state index in [2.05, 4.69) is 0 Å². The van der Waals surface area contributed by atoms with Crippen LogP contribution in [-0.4, -0.2) is 17.0 Å². The van der Waals surface area contributed by atoms with Crippen molar-refractivity contribution in [1.82, 2.24) is 0 Å². The van der Waals surface area contributed by atoms with Crippen molar-refractivity contribution in [2.45, 2.75) is 25.9 Å². The van der Waals surface area contributed by atoms with Gasteiger partial charge in [-0.2, -0.15) is 0 Å². The maximum Gasteiger partial charge on any atom is 0.184 e. The van der Waals surface area contributed by atoms with Crippen LogP contribution < -0.4 is 0 Å². The molecule has 0 aromatic carbocycles. The molecule has 1 rings (SSSR count). The predicted octanol–water partition coefficient (Wildman–Crippen LogP) is 0.903. The second kappa shape index (κ2) is 2.97. The summed E-state index contributed by atoms with van der Waals surface area (Å²) in [7, 11) is 0. The molecule has 0 aliphatic heterocycles. The molecule has 2 heteroatoms. The Morgan fingerprint density at radius 2 is 2.50 bits per heavy atom. The van der Waals surface area contributed by atoms with Gasteiger partial charge in [0.1, 0.15) is 6.10 Å². The molecule has 10 heavy (non-hydrogen) atoms. The fourth-order valence-corrected chi connectivity index (χ4v) is 1.21. The molecule has 2 unspecified atom stereocenters. The van der Waals surface area contributed by atoms with E-state index in [0.717, 1.165) is 12.8 Å². The van der Waals surface area contributed by atoms with Gasteiger partial charge in [0.15, 0.2) is 5.78 Å². The van der Waals surface area contributed by atoms with Gasteiger partial charge >= 0.3 is 0 Å². The van der Waals surface area contributed by atoms with E-state index in [0.29, 0.717) is 0 Å². The van der Waals surface area contributed by atoms with Crippen molar-refractivity contribution in [2.24, 2.45) is 5.92 Å². The first-order valence-corrected chi connectivity index (χ1v) is 3.64. The van der Waals surface area contributed by atoms with E-state index >= 15 is 0 Å². The van der Waals surface area contributed by atoms with E-state index in [9.17, 15) is 9.90 Å². The Labute approximate surface area is 60.6 Å². The number of carbonyl (C=O) groups excluding carboxylic acids is 1. The molecule has 1 aliphatic rings. The van der Waals surface area contributed by atoms with Crippen molar-refractivity contribution in [2.75, 3.05) is 0 Å². The molecular formula is C8H12O2. The molecular weight excluding hydrogens is 128 g/mol. The Bertz CT molecular complexity index is 161. The molecule has 0 radical (unpaired) electrons. The predicted molar refractivity (Wildman–Crippen MR) is 38.6 cm³/mol. The lowest BCUT2D eigenvalue weighted by Crippen LogP contribution is -2.30. The third-order valence-corrected chi connectivity index (χ3v) is 1.98. The van der Waals surface area contributed by atoms with E-state index in [4.69, 9.17) is 0 Å². The first-order chi connectivity index (χ1) is 4.75. The fraction of sp³-hybridized carbons (Fsp3) is 0.625. The highest BCUT2D eigenvalue weighted by Gasteiger charge is 2.24. The molecule has 1 aliphatic carbocycles. The molecule has 1 N–H and O–H groups in total. The van der Waals surface area contributed by atoms with Crippen molar-refractivity contribution in [1.29, 1.82) is 0 Å². The van der Waals surface area contributed by atoms with E-state index in [-0.39, 0.29) is 11.7 Å². The van der Waals surface area contributed by atoms with Crippen molar-refractivity contribution < 1.29 is 9.90 Å². The standard InChI is InChI=1S/C8H12O2/c1-2-6-4-3-5-7(9)8(6)10/h3,5-6,8,10H,2,4H2,1H3. The highest BCUT2D eigenvalue weighted by molar-refractivity contribution is 5.94. The van der Waals surface area contributed by atoms with Gasteiger partial charge in [-0.05, 0) is 18.4 Å². The second-order valence-corrected chi connectivity index (χ2v) is 2.65. The molecule has 2 atom stereocenters. The molecule has 0 heterocycles. The summed E-state index contributed by atoms with van der Waals surface area (Å²) in [6.07, 6.45) is 4.27. The summed E-state index contributed by atoms with van der Waals surface area (Å²) in [6, 6.07) is 0. The maximum atomic E-state index is 10.8. The Morgan fingerprint density at radius 3 is 3.00 bits per heavy atom. The zero-order valence-electron chi connectivity index (χ0n) is 6.08. The minimum absolute atomic E-state index is 0.141. The van der Waals surface area contributed by atoms with Crippen LogP contribution in [0, 0.1) is 5.92 Å². The van der Waals surface area contributed by atoms with Crippen molar-refractivity contribution in [3.8, 4) is 0 Å². The Kier molecular flexibility index (Phi) is 2.22. The van der Waals surface area contributed by atoms with Crippen LogP contribution in [0.25, 0.3) is 0 Å². The van der Waals surface area contributed by atoms with Crippen LogP contribution in [0.15, 0.2) is 12.2 Å². The van der Waals surface area contributed by atoms with Crippen molar-refractivity contribution in [3.63, 3.8) is 0 Å². The SMILES string of the molecule is CCC1CC=CC(=O)C1O. The van der Waals surface area contributed by atoms with Gasteiger partial charge in [-0.1, -0.05) is 19.4 Å². The molecule has 0 fully saturated rings. The highest BCUT2D eigenvalue weighted by Crippen LogP contribution is 2.19. The number of aliphatic hydroxyl groups is 1. The first-order valence-electron chi connectivity index (χ1n) is 3.64. The van der Waals surface area contributed by atoms with E-state index in [1.807, 2.05) is 13.0 Å². The van der Waals surface area contributed by atoms with Gasteiger partial charge in [-0.15, -0.1) is 0 Å². The lowest BCUT2D eigenvalue weighted by Gasteiger charge is -2.20. The molecule has 0 spiro atoms. The van der Waals surface area contributed by atoms with E-state index in [1.165, 1.54) is 6.08 Å².